The zero-order valence-corrected chi connectivity index (χ0v) is 45.6. The van der Waals surface area contributed by atoms with E-state index in [1.807, 2.05) is 17.0 Å². The van der Waals surface area contributed by atoms with Gasteiger partial charge in [-0.05, 0) is 105 Å². The number of ether oxygens (including phenoxy) is 1. The lowest BCUT2D eigenvalue weighted by atomic mass is 9.83. The van der Waals surface area contributed by atoms with Crippen LogP contribution in [0.3, 0.4) is 0 Å². The lowest BCUT2D eigenvalue weighted by Crippen LogP contribution is -2.55. The zero-order valence-electron chi connectivity index (χ0n) is 45.6. The molecule has 5 amide bonds. The van der Waals surface area contributed by atoms with Gasteiger partial charge in [0.2, 0.25) is 17.7 Å². The molecule has 0 bridgehead atoms. The third kappa shape index (κ3) is 14.0. The number of carbonyl (C=O) groups excluding carboxylic acids is 5. The van der Waals surface area contributed by atoms with Crippen LogP contribution < -0.4 is 16.2 Å². The van der Waals surface area contributed by atoms with E-state index in [-0.39, 0.29) is 103 Å². The smallest absolute Gasteiger partial charge is 0.272 e. The number of amides is 5. The molecule has 5 heterocycles. The lowest BCUT2D eigenvalue weighted by Gasteiger charge is -2.40. The van der Waals surface area contributed by atoms with Crippen LogP contribution in [0, 0.1) is 29.2 Å². The van der Waals surface area contributed by atoms with Crippen molar-refractivity contribution in [3.05, 3.63) is 146 Å². The number of piperazine rings is 1. The Bertz CT molecular complexity index is 3150. The van der Waals surface area contributed by atoms with Gasteiger partial charge >= 0.3 is 0 Å². The monoisotopic (exact) mass is 1120 g/mol. The molecule has 0 radical (unpaired) electrons. The largest absolute Gasteiger partial charge is 0.375 e. The van der Waals surface area contributed by atoms with E-state index in [0.29, 0.717) is 93.7 Å². The average molecular weight is 1120 g/mol. The summed E-state index contributed by atoms with van der Waals surface area (Å²) in [4.78, 5) is 90.1. The first-order chi connectivity index (χ1) is 39.2. The van der Waals surface area contributed by atoms with E-state index in [1.54, 1.807) is 45.0 Å². The summed E-state index contributed by atoms with van der Waals surface area (Å²) in [6.45, 7) is 4.63. The Morgan fingerprint density at radius 1 is 0.642 bits per heavy atom. The van der Waals surface area contributed by atoms with Gasteiger partial charge in [0.15, 0.2) is 0 Å². The number of H-pyrrole nitrogens is 1. The molecular formula is C61H71F4N9O7. The summed E-state index contributed by atoms with van der Waals surface area (Å²) in [6.07, 6.45) is 8.90. The zero-order chi connectivity index (χ0) is 56.6. The van der Waals surface area contributed by atoms with Gasteiger partial charge in [-0.1, -0.05) is 55.7 Å². The Balaban J connectivity index is 0.658. The van der Waals surface area contributed by atoms with Crippen LogP contribution in [0.5, 0.6) is 0 Å². The number of rotatable bonds is 16. The molecule has 5 aromatic rings. The van der Waals surface area contributed by atoms with E-state index in [1.165, 1.54) is 30.3 Å². The molecule has 4 saturated heterocycles. The Hall–Kier alpha value is -7.03. The van der Waals surface area contributed by atoms with Crippen molar-refractivity contribution in [3.63, 3.8) is 0 Å². The number of carbonyl (C=O) groups is 5. The molecule has 5 aliphatic rings. The highest BCUT2D eigenvalue weighted by Crippen LogP contribution is 2.32. The minimum Gasteiger partial charge on any atom is -0.375 e. The number of likely N-dealkylation sites (tertiary alicyclic amines) is 3. The van der Waals surface area contributed by atoms with Gasteiger partial charge in [-0.15, -0.1) is 0 Å². The molecule has 10 rings (SSSR count). The Morgan fingerprint density at radius 3 is 2.07 bits per heavy atom. The maximum atomic E-state index is 15.6. The number of halogens is 4. The van der Waals surface area contributed by atoms with Crippen LogP contribution >= 0.6 is 0 Å². The number of piperidine rings is 3. The number of nitrogens with zero attached hydrogens (tertiary/aromatic N) is 6. The molecule has 1 aliphatic carbocycles. The van der Waals surface area contributed by atoms with Crippen LogP contribution in [-0.4, -0.2) is 161 Å². The summed E-state index contributed by atoms with van der Waals surface area (Å²) in [5.74, 6) is -4.41. The lowest BCUT2D eigenvalue weighted by molar-refractivity contribution is -0.140. The summed E-state index contributed by atoms with van der Waals surface area (Å²) in [5, 5.41) is 13.9. The molecule has 81 heavy (non-hydrogen) atoms. The summed E-state index contributed by atoms with van der Waals surface area (Å²) < 4.78 is 64.8. The third-order valence-electron chi connectivity index (χ3n) is 17.1. The molecule has 0 spiro atoms. The number of hydrogen-bond acceptors (Lipinski definition) is 10. The summed E-state index contributed by atoms with van der Waals surface area (Å²) in [6, 6.07) is 18.5. The van der Waals surface area contributed by atoms with E-state index >= 15 is 8.78 Å². The van der Waals surface area contributed by atoms with Crippen molar-refractivity contribution in [2.24, 2.45) is 5.92 Å². The van der Waals surface area contributed by atoms with Crippen molar-refractivity contribution in [1.29, 1.82) is 0 Å². The number of benzene rings is 4. The van der Waals surface area contributed by atoms with Crippen LogP contribution in [0.4, 0.5) is 17.6 Å². The first kappa shape index (κ1) is 57.2. The van der Waals surface area contributed by atoms with Gasteiger partial charge in [-0.3, -0.25) is 33.7 Å². The van der Waals surface area contributed by atoms with Gasteiger partial charge in [-0.25, -0.2) is 22.7 Å². The number of nitrogens with one attached hydrogen (secondary N) is 3. The standard InChI is InChI=1S/C61H71F4N9O7/c62-44-15-13-42(53(65)34-44)35-66-36-55(75)74-22-6-9-43(37-74)41-14-17-51(63)49(33-41)58(77)67-57(40-7-2-1-3-8-40)61(80)72-25-20-46(21-26-72)81-45-18-23-70(24-19-45)38-56(76)71-27-29-73(30-28-71)60(79)50-31-39(12-16-52(50)64)32-54-47-10-4-5-11-48(47)59(78)69-68-54/h4-5,10-17,31,33-34,40,43,45-46,57,66H,1-3,6-9,18-30,32,35-38H2,(H,67,77)(H,69,78)/t43?,57-/m1/s1. The number of aromatic nitrogens is 2. The fraction of sp³-hybridized carbons (Fsp3) is 0.492. The van der Waals surface area contributed by atoms with E-state index in [4.69, 9.17) is 4.74 Å². The van der Waals surface area contributed by atoms with Crippen molar-refractivity contribution >= 4 is 40.3 Å². The summed E-state index contributed by atoms with van der Waals surface area (Å²) in [7, 11) is 0. The molecule has 4 aromatic carbocycles. The maximum Gasteiger partial charge on any atom is 0.272 e. The van der Waals surface area contributed by atoms with E-state index < -0.39 is 41.1 Å². The Morgan fingerprint density at radius 2 is 1.33 bits per heavy atom. The van der Waals surface area contributed by atoms with Crippen molar-refractivity contribution in [2.45, 2.75) is 108 Å². The first-order valence-electron chi connectivity index (χ1n) is 28.8. The molecule has 430 valence electrons. The molecule has 1 aromatic heterocycles. The highest BCUT2D eigenvalue weighted by atomic mass is 19.1. The fourth-order valence-corrected chi connectivity index (χ4v) is 12.4. The fourth-order valence-electron chi connectivity index (χ4n) is 12.4. The predicted octanol–water partition coefficient (Wildman–Crippen LogP) is 6.70. The molecule has 2 atom stereocenters. The quantitative estimate of drug-likeness (QED) is 0.0901. The molecule has 3 N–H and O–H groups in total. The predicted molar refractivity (Wildman–Crippen MR) is 295 cm³/mol. The summed E-state index contributed by atoms with van der Waals surface area (Å²) >= 11 is 0. The Kier molecular flexibility index (Phi) is 18.5. The highest BCUT2D eigenvalue weighted by molar-refractivity contribution is 5.98. The van der Waals surface area contributed by atoms with Crippen LogP contribution in [0.15, 0.2) is 83.7 Å². The average Bonchev–Trinajstić information content (AvgIpc) is 3.49. The second kappa shape index (κ2) is 26.3. The molecule has 20 heteroatoms. The second-order valence-corrected chi connectivity index (χ2v) is 22.5. The molecule has 1 unspecified atom stereocenters. The molecule has 16 nitrogen and oxygen atoms in total. The number of hydrogen-bond donors (Lipinski definition) is 3. The topological polar surface area (TPSA) is 181 Å². The summed E-state index contributed by atoms with van der Waals surface area (Å²) in [5.41, 5.74) is 1.75. The SMILES string of the molecule is O=C(N[C@@H](C(=O)N1CCC(OC2CCN(CC(=O)N3CCN(C(=O)c4cc(Cc5n[nH]c(=O)c6ccccc56)ccc4F)CC3)CC2)CC1)C1CCCCC1)c1cc(C2CCCN(C(=O)CNCc3ccc(F)cc3F)C2)ccc1F. The van der Waals surface area contributed by atoms with Gasteiger partial charge in [0.05, 0.1) is 47.5 Å². The normalized spacial score (nSPS) is 19.4. The molecule has 5 fully saturated rings. The molecule has 4 aliphatic heterocycles. The third-order valence-corrected chi connectivity index (χ3v) is 17.1. The van der Waals surface area contributed by atoms with E-state index in [2.05, 4.69) is 25.7 Å². The minimum absolute atomic E-state index is 0.00433. The van der Waals surface area contributed by atoms with E-state index in [9.17, 15) is 37.5 Å². The highest BCUT2D eigenvalue weighted by Gasteiger charge is 2.38. The van der Waals surface area contributed by atoms with Crippen molar-refractivity contribution < 1.29 is 46.3 Å². The minimum atomic E-state index is -0.815. The van der Waals surface area contributed by atoms with Crippen molar-refractivity contribution in [1.82, 2.24) is 45.3 Å². The van der Waals surface area contributed by atoms with Gasteiger partial charge in [0, 0.05) is 101 Å². The van der Waals surface area contributed by atoms with Gasteiger partial charge < -0.3 is 35.0 Å². The van der Waals surface area contributed by atoms with Crippen LogP contribution in [0.2, 0.25) is 0 Å². The number of fused-ring (bicyclic) bond motifs is 1. The van der Waals surface area contributed by atoms with Gasteiger partial charge in [0.25, 0.3) is 17.4 Å². The van der Waals surface area contributed by atoms with Crippen molar-refractivity contribution in [2.75, 3.05) is 78.5 Å². The van der Waals surface area contributed by atoms with Crippen LogP contribution in [0.25, 0.3) is 10.8 Å². The first-order valence-corrected chi connectivity index (χ1v) is 28.8. The Labute approximate surface area is 468 Å². The molecular weight excluding hydrogens is 1050 g/mol. The second-order valence-electron chi connectivity index (χ2n) is 22.5. The maximum absolute atomic E-state index is 15.6. The van der Waals surface area contributed by atoms with E-state index in [0.717, 1.165) is 63.0 Å². The van der Waals surface area contributed by atoms with Crippen molar-refractivity contribution in [3.8, 4) is 0 Å². The van der Waals surface area contributed by atoms with Gasteiger partial charge in [0.1, 0.15) is 29.3 Å². The van der Waals surface area contributed by atoms with Gasteiger partial charge in [-0.2, -0.15) is 5.10 Å². The number of aromatic amines is 1. The molecule has 1 saturated carbocycles. The van der Waals surface area contributed by atoms with Crippen LogP contribution in [0.1, 0.15) is 120 Å². The van der Waals surface area contributed by atoms with Crippen LogP contribution in [-0.2, 0) is 32.1 Å².